The van der Waals surface area contributed by atoms with Crippen LogP contribution < -0.4 is 4.74 Å². The highest BCUT2D eigenvalue weighted by molar-refractivity contribution is 5.84. The van der Waals surface area contributed by atoms with Crippen LogP contribution in [0.25, 0.3) is 5.57 Å². The monoisotopic (exact) mass is 482 g/mol. The molecular weight excluding hydrogens is 448 g/mol. The molecule has 5 rings (SSSR count). The van der Waals surface area contributed by atoms with E-state index < -0.39 is 0 Å². The third kappa shape index (κ3) is 4.26. The fourth-order valence-corrected chi connectivity index (χ4v) is 4.66. The summed E-state index contributed by atoms with van der Waals surface area (Å²) >= 11 is 0. The molecule has 2 heterocycles. The van der Waals surface area contributed by atoms with E-state index in [0.717, 1.165) is 34.0 Å². The predicted molar refractivity (Wildman–Crippen MR) is 144 cm³/mol. The molecule has 2 unspecified atom stereocenters. The fourth-order valence-electron chi connectivity index (χ4n) is 4.66. The van der Waals surface area contributed by atoms with Gasteiger partial charge in [0.25, 0.3) is 0 Å². The van der Waals surface area contributed by atoms with Gasteiger partial charge in [-0.25, -0.2) is 0 Å². The number of para-hydroxylation sites is 1. The van der Waals surface area contributed by atoms with Gasteiger partial charge in [-0.15, -0.1) is 0 Å². The van der Waals surface area contributed by atoms with Crippen molar-refractivity contribution in [2.45, 2.75) is 47.6 Å². The van der Waals surface area contributed by atoms with Crippen LogP contribution in [0.2, 0.25) is 0 Å². The third-order valence-electron chi connectivity index (χ3n) is 6.84. The maximum Gasteiger partial charge on any atom is 0.137 e. The topological polar surface area (TPSA) is 58.9 Å². The summed E-state index contributed by atoms with van der Waals surface area (Å²) in [5, 5.41) is 22.1. The normalized spacial score (nSPS) is 25.6. The molecule has 1 aromatic carbocycles. The Morgan fingerprint density at radius 1 is 0.778 bits per heavy atom. The first-order valence-corrected chi connectivity index (χ1v) is 12.5. The molecule has 4 nitrogen and oxygen atoms in total. The summed E-state index contributed by atoms with van der Waals surface area (Å²) in [7, 11) is 0. The lowest BCUT2D eigenvalue weighted by atomic mass is 9.80. The summed E-state index contributed by atoms with van der Waals surface area (Å²) in [6.07, 6.45) is 15.8. The highest BCUT2D eigenvalue weighted by Crippen LogP contribution is 2.44. The van der Waals surface area contributed by atoms with E-state index in [0.29, 0.717) is 11.1 Å². The Bertz CT molecular complexity index is 1360. The number of fused-ring (bicyclic) bond motifs is 2. The number of allylic oxidation sites excluding steroid dienone is 9. The number of aliphatic hydroxyl groups excluding tert-OH is 2. The molecule has 2 aliphatic heterocycles. The summed E-state index contributed by atoms with van der Waals surface area (Å²) in [6.45, 7) is 12.6. The van der Waals surface area contributed by atoms with Gasteiger partial charge in [0, 0.05) is 22.3 Å². The summed E-state index contributed by atoms with van der Waals surface area (Å²) < 4.78 is 12.4. The average molecular weight is 483 g/mol. The van der Waals surface area contributed by atoms with E-state index in [2.05, 4.69) is 53.7 Å². The van der Waals surface area contributed by atoms with E-state index in [4.69, 9.17) is 9.47 Å². The van der Waals surface area contributed by atoms with E-state index in [1.807, 2.05) is 60.7 Å². The number of hydrogen-bond acceptors (Lipinski definition) is 4. The van der Waals surface area contributed by atoms with Crippen molar-refractivity contribution in [1.82, 2.24) is 0 Å². The highest BCUT2D eigenvalue weighted by Gasteiger charge is 2.35. The van der Waals surface area contributed by atoms with Crippen molar-refractivity contribution in [1.29, 1.82) is 0 Å². The van der Waals surface area contributed by atoms with Crippen LogP contribution >= 0.6 is 0 Å². The molecule has 36 heavy (non-hydrogen) atoms. The van der Waals surface area contributed by atoms with Crippen LogP contribution in [0.5, 0.6) is 5.75 Å². The number of hydrogen-bond donors (Lipinski definition) is 2. The number of benzene rings is 1. The van der Waals surface area contributed by atoms with Crippen LogP contribution in [0.3, 0.4) is 0 Å². The highest BCUT2D eigenvalue weighted by atomic mass is 16.5. The van der Waals surface area contributed by atoms with E-state index in [1.165, 1.54) is 0 Å². The Balaban J connectivity index is 1.53. The van der Waals surface area contributed by atoms with Crippen molar-refractivity contribution in [3.63, 3.8) is 0 Å². The van der Waals surface area contributed by atoms with Gasteiger partial charge in [0.1, 0.15) is 34.9 Å². The minimum absolute atomic E-state index is 0.0243. The standard InChI is InChI=1S/C32H34O4/c1-31(2,3)27-17-19(21-11-7-9-13-25(21)35-27)15-23-29(33)24(30(23)34)16-20-18-28(32(4,5)6)36-26-14-10-8-12-22(20)26/h7-18,21,25,33-34H,1-6H3/b19-15+,20-16+. The minimum atomic E-state index is -0.186. The summed E-state index contributed by atoms with van der Waals surface area (Å²) in [5.74, 6) is 2.70. The molecule has 0 saturated carbocycles. The summed E-state index contributed by atoms with van der Waals surface area (Å²) in [5.41, 5.74) is 3.36. The van der Waals surface area contributed by atoms with E-state index >= 15 is 0 Å². The van der Waals surface area contributed by atoms with E-state index in [9.17, 15) is 10.2 Å². The molecule has 0 amide bonds. The first kappa shape index (κ1) is 24.1. The molecule has 186 valence electrons. The SMILES string of the molecule is CC(C)(C)C1=C/C(=C\C2=C(O)C(/C=C3\C=C(C(C)(C)C)OC4C=CC=CC34)=C2O)c2ccccc2O1. The van der Waals surface area contributed by atoms with Crippen LogP contribution in [0.15, 0.2) is 113 Å². The Hall–Kier alpha value is -3.66. The molecular formula is C32H34O4. The Morgan fingerprint density at radius 2 is 1.42 bits per heavy atom. The lowest BCUT2D eigenvalue weighted by molar-refractivity contribution is 0.0781. The van der Waals surface area contributed by atoms with E-state index in [-0.39, 0.29) is 34.4 Å². The molecule has 0 radical (unpaired) electrons. The van der Waals surface area contributed by atoms with Crippen LogP contribution in [-0.2, 0) is 4.74 Å². The van der Waals surface area contributed by atoms with Gasteiger partial charge in [-0.2, -0.15) is 0 Å². The molecule has 2 N–H and O–H groups in total. The van der Waals surface area contributed by atoms with Crippen LogP contribution in [0, 0.1) is 16.7 Å². The maximum absolute atomic E-state index is 11.0. The molecule has 2 aliphatic carbocycles. The third-order valence-corrected chi connectivity index (χ3v) is 6.84. The van der Waals surface area contributed by atoms with Gasteiger partial charge in [0.15, 0.2) is 0 Å². The second-order valence-electron chi connectivity index (χ2n) is 11.8. The van der Waals surface area contributed by atoms with Crippen molar-refractivity contribution in [2.24, 2.45) is 16.7 Å². The zero-order valence-corrected chi connectivity index (χ0v) is 21.8. The number of ether oxygens (including phenoxy) is 2. The van der Waals surface area contributed by atoms with Gasteiger partial charge in [-0.3, -0.25) is 0 Å². The fraction of sp³-hybridized carbons (Fsp3) is 0.312. The summed E-state index contributed by atoms with van der Waals surface area (Å²) in [4.78, 5) is 0. The maximum atomic E-state index is 11.0. The Morgan fingerprint density at radius 3 is 2.11 bits per heavy atom. The lowest BCUT2D eigenvalue weighted by Crippen LogP contribution is -2.31. The van der Waals surface area contributed by atoms with Crippen molar-refractivity contribution in [2.75, 3.05) is 0 Å². The zero-order valence-electron chi connectivity index (χ0n) is 21.8. The molecule has 0 spiro atoms. The van der Waals surface area contributed by atoms with Crippen molar-refractivity contribution >= 4 is 5.57 Å². The van der Waals surface area contributed by atoms with Crippen LogP contribution in [0.4, 0.5) is 0 Å². The minimum Gasteiger partial charge on any atom is -0.506 e. The van der Waals surface area contributed by atoms with Gasteiger partial charge in [-0.1, -0.05) is 78.0 Å². The number of aliphatic hydroxyl groups is 2. The predicted octanol–water partition coefficient (Wildman–Crippen LogP) is 8.03. The van der Waals surface area contributed by atoms with Crippen molar-refractivity contribution < 1.29 is 19.7 Å². The second-order valence-corrected chi connectivity index (χ2v) is 11.8. The lowest BCUT2D eigenvalue weighted by Gasteiger charge is -2.37. The first-order chi connectivity index (χ1) is 16.9. The zero-order chi connectivity index (χ0) is 25.8. The molecule has 2 atom stereocenters. The largest absolute Gasteiger partial charge is 0.506 e. The summed E-state index contributed by atoms with van der Waals surface area (Å²) in [6, 6.07) is 7.83. The Kier molecular flexibility index (Phi) is 5.66. The first-order valence-electron chi connectivity index (χ1n) is 12.5. The van der Waals surface area contributed by atoms with Gasteiger partial charge >= 0.3 is 0 Å². The van der Waals surface area contributed by atoms with Gasteiger partial charge in [-0.05, 0) is 47.6 Å². The van der Waals surface area contributed by atoms with Gasteiger partial charge in [0.2, 0.25) is 0 Å². The van der Waals surface area contributed by atoms with Crippen LogP contribution in [-0.4, -0.2) is 16.3 Å². The molecule has 0 aromatic heterocycles. The molecule has 0 bridgehead atoms. The van der Waals surface area contributed by atoms with Gasteiger partial charge in [0.05, 0.1) is 11.1 Å². The molecule has 1 aromatic rings. The second kappa shape index (κ2) is 8.48. The van der Waals surface area contributed by atoms with Crippen LogP contribution in [0.1, 0.15) is 47.1 Å². The quantitative estimate of drug-likeness (QED) is 0.448. The smallest absolute Gasteiger partial charge is 0.137 e. The average Bonchev–Trinajstić information content (AvgIpc) is 2.84. The van der Waals surface area contributed by atoms with Crippen molar-refractivity contribution in [3.05, 3.63) is 118 Å². The molecule has 0 fully saturated rings. The molecule has 4 aliphatic rings. The molecule has 0 saturated heterocycles. The Labute approximate surface area is 213 Å². The van der Waals surface area contributed by atoms with Crippen molar-refractivity contribution in [3.8, 4) is 5.75 Å². The number of rotatable bonds is 2. The molecule has 4 heteroatoms. The van der Waals surface area contributed by atoms with Gasteiger partial charge < -0.3 is 19.7 Å². The van der Waals surface area contributed by atoms with E-state index in [1.54, 1.807) is 0 Å².